The Bertz CT molecular complexity index is 2160. The molecule has 2 spiro atoms. The largest absolute Gasteiger partial charge is 0.497 e. The van der Waals surface area contributed by atoms with Gasteiger partial charge in [-0.05, 0) is 146 Å². The van der Waals surface area contributed by atoms with Crippen molar-refractivity contribution in [1.82, 2.24) is 4.90 Å². The molecular formula is C49H60N2O5S. The molecule has 12 rings (SSSR count). The number of thiophene rings is 1. The van der Waals surface area contributed by atoms with E-state index in [4.69, 9.17) is 4.74 Å². The van der Waals surface area contributed by atoms with E-state index in [2.05, 4.69) is 69.4 Å². The van der Waals surface area contributed by atoms with Gasteiger partial charge in [0.05, 0.1) is 30.2 Å². The zero-order valence-corrected chi connectivity index (χ0v) is 35.2. The number of aliphatic hydroxyl groups is 2. The van der Waals surface area contributed by atoms with Gasteiger partial charge in [0, 0.05) is 38.8 Å². The Kier molecular flexibility index (Phi) is 8.47. The molecule has 2 amide bonds. The summed E-state index contributed by atoms with van der Waals surface area (Å²) in [7, 11) is 1.64. The van der Waals surface area contributed by atoms with Crippen molar-refractivity contribution in [3.05, 3.63) is 83.3 Å². The van der Waals surface area contributed by atoms with Gasteiger partial charge in [-0.25, -0.2) is 4.79 Å². The molecule has 9 aliphatic carbocycles. The van der Waals surface area contributed by atoms with Gasteiger partial charge < -0.3 is 25.2 Å². The molecule has 6 fully saturated rings. The minimum Gasteiger partial charge on any atom is -0.497 e. The highest BCUT2D eigenvalue weighted by atomic mass is 32.1. The first-order chi connectivity index (χ1) is 27.2. The van der Waals surface area contributed by atoms with Crippen LogP contribution < -0.4 is 10.1 Å². The Morgan fingerprint density at radius 1 is 0.912 bits per heavy atom. The summed E-state index contributed by atoms with van der Waals surface area (Å²) in [6.45, 7) is 10.4. The number of aliphatic hydroxyl groups excluding tert-OH is 1. The number of nitrogens with zero attached hydrogens (tertiary/aromatic N) is 1. The van der Waals surface area contributed by atoms with Crippen molar-refractivity contribution >= 4 is 38.9 Å². The van der Waals surface area contributed by atoms with Crippen LogP contribution >= 0.6 is 11.3 Å². The summed E-state index contributed by atoms with van der Waals surface area (Å²) in [5.74, 6) is 2.79. The maximum absolute atomic E-state index is 15.2. The van der Waals surface area contributed by atoms with Gasteiger partial charge in [-0.15, -0.1) is 11.3 Å². The number of hydrogen-bond acceptors (Lipinski definition) is 6. The minimum atomic E-state index is -1.14. The first-order valence-electron chi connectivity index (χ1n) is 21.7. The van der Waals surface area contributed by atoms with Crippen LogP contribution in [0.2, 0.25) is 0 Å². The molecule has 3 N–H and O–H groups in total. The van der Waals surface area contributed by atoms with Crippen LogP contribution in [0.15, 0.2) is 78.4 Å². The smallest absolute Gasteiger partial charge is 0.321 e. The third-order valence-corrected chi connectivity index (χ3v) is 19.3. The van der Waals surface area contributed by atoms with Crippen molar-refractivity contribution in [2.45, 2.75) is 104 Å². The fraction of sp³-hybridized carbons (Fsp3) is 0.592. The summed E-state index contributed by atoms with van der Waals surface area (Å²) >= 11 is 1.58. The van der Waals surface area contributed by atoms with Gasteiger partial charge in [0.15, 0.2) is 5.78 Å². The second-order valence-electron chi connectivity index (χ2n) is 20.5. The SMILES string of the molecule is COc1ccc(NC(=O)N(CC2CCC3CC2C3(C)C)CC2(O)CCC3C45C=CC6(C=C4C(=O)c4cc7ccccc7s4)CC(O)CCC6(C)C5CCC32C)cc1. The number of carbonyl (C=O) groups is 2. The Balaban J connectivity index is 1.02. The van der Waals surface area contributed by atoms with Crippen LogP contribution in [0.25, 0.3) is 10.1 Å². The molecule has 1 aromatic heterocycles. The highest BCUT2D eigenvalue weighted by Gasteiger charge is 2.74. The van der Waals surface area contributed by atoms with E-state index in [-0.39, 0.29) is 46.4 Å². The Morgan fingerprint density at radius 2 is 1.65 bits per heavy atom. The Hall–Kier alpha value is -3.46. The van der Waals surface area contributed by atoms with Gasteiger partial charge in [0.1, 0.15) is 5.75 Å². The lowest BCUT2D eigenvalue weighted by molar-refractivity contribution is -0.176. The number of Topliss-reactive ketones (excluding diaryl/α,β-unsaturated/α-hetero) is 1. The number of hydrogen-bond donors (Lipinski definition) is 3. The molecule has 1 heterocycles. The molecule has 0 aliphatic heterocycles. The van der Waals surface area contributed by atoms with Gasteiger partial charge >= 0.3 is 6.03 Å². The number of amides is 2. The average Bonchev–Trinajstić information content (AvgIpc) is 3.76. The molecule has 7 nitrogen and oxygen atoms in total. The van der Waals surface area contributed by atoms with Crippen LogP contribution in [0.3, 0.4) is 0 Å². The Morgan fingerprint density at radius 3 is 2.39 bits per heavy atom. The second-order valence-corrected chi connectivity index (χ2v) is 21.6. The number of carbonyl (C=O) groups excluding carboxylic acids is 2. The monoisotopic (exact) mass is 788 g/mol. The topological polar surface area (TPSA) is 99.1 Å². The van der Waals surface area contributed by atoms with Crippen LogP contribution in [0, 0.1) is 56.7 Å². The highest BCUT2D eigenvalue weighted by molar-refractivity contribution is 7.21. The van der Waals surface area contributed by atoms with Gasteiger partial charge in [-0.2, -0.15) is 0 Å². The number of ketones is 1. The zero-order chi connectivity index (χ0) is 39.8. The third-order valence-electron chi connectivity index (χ3n) is 18.1. The average molecular weight is 789 g/mol. The predicted octanol–water partition coefficient (Wildman–Crippen LogP) is 10.3. The normalized spacial score (nSPS) is 40.6. The van der Waals surface area contributed by atoms with Crippen LogP contribution in [0.4, 0.5) is 10.5 Å². The van der Waals surface area contributed by atoms with E-state index >= 15 is 4.79 Å². The summed E-state index contributed by atoms with van der Waals surface area (Å²) in [6.07, 6.45) is 15.6. The zero-order valence-electron chi connectivity index (χ0n) is 34.4. The molecule has 11 atom stereocenters. The van der Waals surface area contributed by atoms with Crippen molar-refractivity contribution in [3.63, 3.8) is 0 Å². The molecule has 4 bridgehead atoms. The van der Waals surface area contributed by atoms with Gasteiger partial charge in [-0.3, -0.25) is 4.79 Å². The molecular weight excluding hydrogens is 729 g/mol. The number of urea groups is 1. The number of methoxy groups -OCH3 is 1. The second kappa shape index (κ2) is 12.8. The molecule has 6 saturated carbocycles. The summed E-state index contributed by atoms with van der Waals surface area (Å²) < 4.78 is 6.49. The number of anilines is 1. The predicted molar refractivity (Wildman–Crippen MR) is 226 cm³/mol. The van der Waals surface area contributed by atoms with E-state index in [1.807, 2.05) is 41.3 Å². The van der Waals surface area contributed by atoms with E-state index in [0.29, 0.717) is 36.9 Å². The lowest BCUT2D eigenvalue weighted by atomic mass is 9.32. The molecule has 57 heavy (non-hydrogen) atoms. The summed E-state index contributed by atoms with van der Waals surface area (Å²) in [5.41, 5.74) is -0.855. The molecule has 9 aliphatic rings. The molecule has 3 aromatic rings. The lowest BCUT2D eigenvalue weighted by Crippen LogP contribution is -2.67. The van der Waals surface area contributed by atoms with Gasteiger partial charge in [0.2, 0.25) is 0 Å². The first-order valence-corrected chi connectivity index (χ1v) is 22.6. The maximum atomic E-state index is 15.2. The van der Waals surface area contributed by atoms with E-state index in [9.17, 15) is 15.0 Å². The van der Waals surface area contributed by atoms with Gasteiger partial charge in [0.25, 0.3) is 0 Å². The third kappa shape index (κ3) is 5.21. The first kappa shape index (κ1) is 37.8. The van der Waals surface area contributed by atoms with E-state index in [0.717, 1.165) is 70.7 Å². The fourth-order valence-electron chi connectivity index (χ4n) is 14.7. The van der Waals surface area contributed by atoms with Crippen molar-refractivity contribution in [2.75, 3.05) is 25.5 Å². The van der Waals surface area contributed by atoms with E-state index in [1.165, 1.54) is 12.8 Å². The number of ether oxygens (including phenoxy) is 1. The number of nitrogens with one attached hydrogen (secondary N) is 1. The lowest BCUT2D eigenvalue weighted by Gasteiger charge is -2.71. The highest BCUT2D eigenvalue weighted by Crippen LogP contribution is 2.78. The quantitative estimate of drug-likeness (QED) is 0.156. The van der Waals surface area contributed by atoms with Crippen LogP contribution in [-0.2, 0) is 0 Å². The number of benzene rings is 2. The van der Waals surface area contributed by atoms with Crippen molar-refractivity contribution in [3.8, 4) is 5.75 Å². The molecule has 8 heteroatoms. The standard InChI is InChI=1S/C49H60N2O5S/c1-44(2)32-11-10-31(36(44)25-32)28-51(43(54)50-33-12-14-35(56-5)15-13-33)29-48(55)21-18-41-46(48,4)20-17-40-45(3)19-16-34(52)26-47(45)22-23-49(40,41)37(27-47)42(53)39-24-30-8-6-7-9-38(30)57-39/h6-9,12-15,22-24,27,31-32,34,36,40-41,52,55H,10-11,16-21,25-26,28-29H2,1-5H3,(H,50,54). The van der Waals surface area contributed by atoms with Gasteiger partial charge in [-0.1, -0.05) is 64.1 Å². The van der Waals surface area contributed by atoms with Crippen LogP contribution in [0.5, 0.6) is 5.75 Å². The summed E-state index contributed by atoms with van der Waals surface area (Å²) in [5, 5.41) is 28.8. The number of fused-ring (bicyclic) bond motifs is 4. The molecule has 0 radical (unpaired) electrons. The van der Waals surface area contributed by atoms with Crippen molar-refractivity contribution in [1.29, 1.82) is 0 Å². The van der Waals surface area contributed by atoms with Crippen molar-refractivity contribution in [2.24, 2.45) is 56.7 Å². The molecule has 302 valence electrons. The molecule has 0 saturated heterocycles. The maximum Gasteiger partial charge on any atom is 0.321 e. The molecule has 2 aromatic carbocycles. The molecule has 11 unspecified atom stereocenters. The summed E-state index contributed by atoms with van der Waals surface area (Å²) in [4.78, 5) is 32.5. The van der Waals surface area contributed by atoms with Crippen LogP contribution in [0.1, 0.15) is 102 Å². The van der Waals surface area contributed by atoms with E-state index < -0.39 is 22.5 Å². The minimum absolute atomic E-state index is 0.0176. The van der Waals surface area contributed by atoms with Crippen molar-refractivity contribution < 1.29 is 24.5 Å². The number of allylic oxidation sites excluding steroid dienone is 4. The summed E-state index contributed by atoms with van der Waals surface area (Å²) in [6, 6.07) is 17.6. The number of rotatable bonds is 8. The van der Waals surface area contributed by atoms with E-state index in [1.54, 1.807) is 18.4 Å². The Labute approximate surface area is 341 Å². The van der Waals surface area contributed by atoms with Crippen LogP contribution in [-0.4, -0.2) is 58.8 Å². The fourth-order valence-corrected chi connectivity index (χ4v) is 15.7.